The number of para-hydroxylation sites is 3. The molecular formula is C25H27N5O2. The normalized spacial score (nSPS) is 16.8. The summed E-state index contributed by atoms with van der Waals surface area (Å²) in [6.07, 6.45) is 4.45. The van der Waals surface area contributed by atoms with Gasteiger partial charge in [-0.3, -0.25) is 9.59 Å². The Hall–Kier alpha value is -3.61. The van der Waals surface area contributed by atoms with Gasteiger partial charge in [0.2, 0.25) is 17.8 Å². The van der Waals surface area contributed by atoms with Gasteiger partial charge in [-0.15, -0.1) is 0 Å². The van der Waals surface area contributed by atoms with Gasteiger partial charge in [0.1, 0.15) is 0 Å². The average Bonchev–Trinajstić information content (AvgIpc) is 3.17. The van der Waals surface area contributed by atoms with Gasteiger partial charge in [-0.2, -0.15) is 0 Å². The van der Waals surface area contributed by atoms with Crippen molar-refractivity contribution in [1.82, 2.24) is 14.9 Å². The summed E-state index contributed by atoms with van der Waals surface area (Å²) in [5.41, 5.74) is 4.64. The van der Waals surface area contributed by atoms with Gasteiger partial charge >= 0.3 is 0 Å². The highest BCUT2D eigenvalue weighted by molar-refractivity contribution is 6.01. The lowest BCUT2D eigenvalue weighted by Gasteiger charge is -2.32. The van der Waals surface area contributed by atoms with Gasteiger partial charge < -0.3 is 20.5 Å². The lowest BCUT2D eigenvalue weighted by atomic mass is 9.95. The van der Waals surface area contributed by atoms with Crippen LogP contribution in [0.25, 0.3) is 16.6 Å². The van der Waals surface area contributed by atoms with Gasteiger partial charge in [0.05, 0.1) is 17.5 Å². The molecule has 0 aliphatic carbocycles. The van der Waals surface area contributed by atoms with Crippen LogP contribution in [-0.4, -0.2) is 46.3 Å². The van der Waals surface area contributed by atoms with E-state index in [-0.39, 0.29) is 11.8 Å². The maximum atomic E-state index is 13.0. The number of likely N-dealkylation sites (tertiary alicyclic amines) is 1. The fraction of sp³-hybridized carbons (Fsp3) is 0.320. The largest absolute Gasteiger partial charge is 0.356 e. The van der Waals surface area contributed by atoms with E-state index in [0.717, 1.165) is 66.3 Å². The fourth-order valence-corrected chi connectivity index (χ4v) is 4.51. The minimum Gasteiger partial charge on any atom is -0.356 e. The number of piperidine rings is 1. The lowest BCUT2D eigenvalue weighted by Crippen LogP contribution is -2.40. The number of amides is 2. The second kappa shape index (κ2) is 8.86. The monoisotopic (exact) mass is 429 g/mol. The predicted molar refractivity (Wildman–Crippen MR) is 126 cm³/mol. The number of aromatic nitrogens is 2. The van der Waals surface area contributed by atoms with E-state index in [1.807, 2.05) is 59.5 Å². The zero-order valence-corrected chi connectivity index (χ0v) is 17.9. The van der Waals surface area contributed by atoms with E-state index in [9.17, 15) is 9.59 Å². The summed E-state index contributed by atoms with van der Waals surface area (Å²) in [4.78, 5) is 34.8. The third-order valence-electron chi connectivity index (χ3n) is 6.34. The lowest BCUT2D eigenvalue weighted by molar-refractivity contribution is -0.131. The molecule has 0 saturated carbocycles. The third-order valence-corrected chi connectivity index (χ3v) is 6.34. The quantitative estimate of drug-likeness (QED) is 0.571. The summed E-state index contributed by atoms with van der Waals surface area (Å²) >= 11 is 0. The van der Waals surface area contributed by atoms with Crippen LogP contribution in [0, 0.1) is 5.92 Å². The van der Waals surface area contributed by atoms with Crippen LogP contribution >= 0.6 is 0 Å². The average molecular weight is 430 g/mol. The van der Waals surface area contributed by atoms with Gasteiger partial charge in [0, 0.05) is 37.3 Å². The van der Waals surface area contributed by atoms with Crippen molar-refractivity contribution in [3.8, 4) is 0 Å². The Kier molecular flexibility index (Phi) is 5.62. The van der Waals surface area contributed by atoms with Crippen molar-refractivity contribution in [1.29, 1.82) is 0 Å². The Balaban J connectivity index is 1.15. The fourth-order valence-electron chi connectivity index (χ4n) is 4.51. The number of fused-ring (bicyclic) bond motifs is 2. The Labute approximate surface area is 186 Å². The molecular weight excluding hydrogens is 402 g/mol. The van der Waals surface area contributed by atoms with Crippen LogP contribution in [0.1, 0.15) is 31.2 Å². The van der Waals surface area contributed by atoms with E-state index in [1.165, 1.54) is 0 Å². The maximum Gasteiger partial charge on any atom is 0.228 e. The number of carbonyl (C=O) groups is 2. The van der Waals surface area contributed by atoms with Crippen LogP contribution < -0.4 is 10.6 Å². The van der Waals surface area contributed by atoms with Crippen LogP contribution in [0.15, 0.2) is 54.6 Å². The molecule has 7 nitrogen and oxygen atoms in total. The number of imidazole rings is 1. The van der Waals surface area contributed by atoms with Gasteiger partial charge in [0.15, 0.2) is 0 Å². The van der Waals surface area contributed by atoms with Gasteiger partial charge in [-0.25, -0.2) is 4.98 Å². The van der Waals surface area contributed by atoms with Crippen molar-refractivity contribution in [2.45, 2.75) is 25.7 Å². The van der Waals surface area contributed by atoms with Gasteiger partial charge in [-0.1, -0.05) is 36.4 Å². The van der Waals surface area contributed by atoms with Crippen LogP contribution in [-0.2, 0) is 9.59 Å². The first-order chi connectivity index (χ1) is 15.7. The summed E-state index contributed by atoms with van der Waals surface area (Å²) in [6, 6.07) is 15.7. The van der Waals surface area contributed by atoms with E-state index < -0.39 is 0 Å². The van der Waals surface area contributed by atoms with E-state index in [4.69, 9.17) is 0 Å². The molecule has 1 saturated heterocycles. The molecule has 2 aliphatic heterocycles. The van der Waals surface area contributed by atoms with Crippen molar-refractivity contribution >= 4 is 40.1 Å². The van der Waals surface area contributed by atoms with Crippen LogP contribution in [0.3, 0.4) is 0 Å². The zero-order chi connectivity index (χ0) is 21.9. The number of nitrogens with one attached hydrogen (secondary N) is 3. The highest BCUT2D eigenvalue weighted by atomic mass is 16.2. The SMILES string of the molecule is O=C1CC=C(CC(=O)N2CCC(CNc3nc4ccccc4[nH]3)CC2)c2ccccc2N1. The Morgan fingerprint density at radius 1 is 1.09 bits per heavy atom. The van der Waals surface area contributed by atoms with Crippen LogP contribution in [0.4, 0.5) is 11.6 Å². The number of hydrogen-bond donors (Lipinski definition) is 3. The van der Waals surface area contributed by atoms with Crippen molar-refractivity contribution in [3.05, 3.63) is 60.2 Å². The van der Waals surface area contributed by atoms with Crippen LogP contribution in [0.2, 0.25) is 0 Å². The van der Waals surface area contributed by atoms with E-state index in [2.05, 4.69) is 20.6 Å². The Morgan fingerprint density at radius 3 is 2.72 bits per heavy atom. The first-order valence-electron chi connectivity index (χ1n) is 11.2. The molecule has 1 aromatic heterocycles. The highest BCUT2D eigenvalue weighted by Gasteiger charge is 2.25. The number of nitrogens with zero attached hydrogens (tertiary/aromatic N) is 2. The topological polar surface area (TPSA) is 90.1 Å². The molecule has 3 heterocycles. The second-order valence-electron chi connectivity index (χ2n) is 8.51. The van der Waals surface area contributed by atoms with Crippen molar-refractivity contribution in [2.24, 2.45) is 5.92 Å². The van der Waals surface area contributed by atoms with E-state index >= 15 is 0 Å². The predicted octanol–water partition coefficient (Wildman–Crippen LogP) is 4.03. The number of H-pyrrole nitrogens is 1. The first-order valence-corrected chi connectivity index (χ1v) is 11.2. The minimum absolute atomic E-state index is 0.0438. The molecule has 164 valence electrons. The first kappa shape index (κ1) is 20.3. The van der Waals surface area contributed by atoms with Crippen molar-refractivity contribution in [2.75, 3.05) is 30.3 Å². The molecule has 2 aromatic carbocycles. The molecule has 1 fully saturated rings. The standard InChI is InChI=1S/C25H27N5O2/c31-23-10-9-18(19-5-1-2-6-20(19)27-23)15-24(32)30-13-11-17(12-14-30)16-26-25-28-21-7-3-4-8-22(21)29-25/h1-9,17H,10-16H2,(H,27,31)(H2,26,28,29). The summed E-state index contributed by atoms with van der Waals surface area (Å²) in [7, 11) is 0. The summed E-state index contributed by atoms with van der Waals surface area (Å²) in [5.74, 6) is 1.39. The van der Waals surface area contributed by atoms with Crippen LogP contribution in [0.5, 0.6) is 0 Å². The van der Waals surface area contributed by atoms with Crippen molar-refractivity contribution in [3.63, 3.8) is 0 Å². The molecule has 3 N–H and O–H groups in total. The highest BCUT2D eigenvalue weighted by Crippen LogP contribution is 2.30. The molecule has 2 aliphatic rings. The molecule has 0 spiro atoms. The number of hydrogen-bond acceptors (Lipinski definition) is 4. The molecule has 0 bridgehead atoms. The number of benzene rings is 2. The summed E-state index contributed by atoms with van der Waals surface area (Å²) < 4.78 is 0. The van der Waals surface area contributed by atoms with Crippen molar-refractivity contribution < 1.29 is 9.59 Å². The molecule has 2 amide bonds. The summed E-state index contributed by atoms with van der Waals surface area (Å²) in [5, 5.41) is 6.33. The maximum absolute atomic E-state index is 13.0. The number of aromatic amines is 1. The van der Waals surface area contributed by atoms with E-state index in [0.29, 0.717) is 18.8 Å². The van der Waals surface area contributed by atoms with Gasteiger partial charge in [0.25, 0.3) is 0 Å². The molecule has 5 rings (SSSR count). The minimum atomic E-state index is -0.0438. The third kappa shape index (κ3) is 4.37. The Morgan fingerprint density at radius 2 is 1.88 bits per heavy atom. The molecule has 0 unspecified atom stereocenters. The molecule has 0 atom stereocenters. The second-order valence-corrected chi connectivity index (χ2v) is 8.51. The molecule has 3 aromatic rings. The molecule has 7 heteroatoms. The summed E-state index contributed by atoms with van der Waals surface area (Å²) in [6.45, 7) is 2.36. The zero-order valence-electron chi connectivity index (χ0n) is 17.9. The van der Waals surface area contributed by atoms with E-state index in [1.54, 1.807) is 0 Å². The smallest absolute Gasteiger partial charge is 0.228 e. The van der Waals surface area contributed by atoms with Gasteiger partial charge in [-0.05, 0) is 42.5 Å². The molecule has 32 heavy (non-hydrogen) atoms. The molecule has 0 radical (unpaired) electrons. The number of carbonyl (C=O) groups excluding carboxylic acids is 2. The Bertz CT molecular complexity index is 1140. The number of rotatable bonds is 5. The number of anilines is 2.